The molecule has 0 aromatic heterocycles. The number of nitrogens with one attached hydrogen (secondary N) is 1. The van der Waals surface area contributed by atoms with E-state index in [0.29, 0.717) is 23.4 Å². The van der Waals surface area contributed by atoms with Gasteiger partial charge in [0.25, 0.3) is 11.8 Å². The monoisotopic (exact) mass is 539 g/mol. The predicted molar refractivity (Wildman–Crippen MR) is 143 cm³/mol. The number of halogens is 2. The summed E-state index contributed by atoms with van der Waals surface area (Å²) in [7, 11) is 0. The third kappa shape index (κ3) is 5.83. The van der Waals surface area contributed by atoms with Crippen LogP contribution in [0.4, 0.5) is 10.1 Å². The number of amides is 2. The normalized spacial score (nSPS) is 15.6. The molecule has 0 bridgehead atoms. The van der Waals surface area contributed by atoms with Crippen LogP contribution in [0.3, 0.4) is 0 Å². The van der Waals surface area contributed by atoms with Gasteiger partial charge >= 0.3 is 0 Å². The zero-order valence-corrected chi connectivity index (χ0v) is 21.8. The molecule has 37 heavy (non-hydrogen) atoms. The SMILES string of the molecule is O=C(NCCCN1CCOCC1)c1ccc2c(c1)N(Cc1c(F)cccc1Cl)C(=O)c1ccccc1S2. The van der Waals surface area contributed by atoms with E-state index >= 15 is 0 Å². The number of benzene rings is 3. The number of anilines is 1. The van der Waals surface area contributed by atoms with E-state index in [1.54, 1.807) is 30.3 Å². The lowest BCUT2D eigenvalue weighted by molar-refractivity contribution is 0.0374. The van der Waals surface area contributed by atoms with Gasteiger partial charge in [-0.1, -0.05) is 41.6 Å². The summed E-state index contributed by atoms with van der Waals surface area (Å²) in [4.78, 5) is 32.1. The molecule has 0 spiro atoms. The molecule has 1 N–H and O–H groups in total. The van der Waals surface area contributed by atoms with Gasteiger partial charge in [0.1, 0.15) is 5.82 Å². The van der Waals surface area contributed by atoms with Crippen LogP contribution >= 0.6 is 23.4 Å². The summed E-state index contributed by atoms with van der Waals surface area (Å²) in [5.41, 5.74) is 1.73. The van der Waals surface area contributed by atoms with Gasteiger partial charge < -0.3 is 15.0 Å². The molecule has 2 aliphatic heterocycles. The Morgan fingerprint density at radius 1 is 1.05 bits per heavy atom. The van der Waals surface area contributed by atoms with Gasteiger partial charge in [-0.05, 0) is 55.4 Å². The topological polar surface area (TPSA) is 61.9 Å². The molecule has 5 rings (SSSR count). The molecular weight excluding hydrogens is 513 g/mol. The third-order valence-corrected chi connectivity index (χ3v) is 8.01. The third-order valence-electron chi connectivity index (χ3n) is 6.51. The van der Waals surface area contributed by atoms with E-state index in [0.717, 1.165) is 49.1 Å². The molecule has 1 fully saturated rings. The maximum absolute atomic E-state index is 14.7. The van der Waals surface area contributed by atoms with Crippen LogP contribution in [0.15, 0.2) is 70.5 Å². The highest BCUT2D eigenvalue weighted by Gasteiger charge is 2.29. The van der Waals surface area contributed by atoms with Crippen LogP contribution in [0.25, 0.3) is 0 Å². The molecule has 0 aliphatic carbocycles. The van der Waals surface area contributed by atoms with Crippen LogP contribution < -0.4 is 10.2 Å². The predicted octanol–water partition coefficient (Wildman–Crippen LogP) is 5.24. The molecule has 1 saturated heterocycles. The maximum atomic E-state index is 14.7. The summed E-state index contributed by atoms with van der Waals surface area (Å²) in [6.45, 7) is 4.70. The van der Waals surface area contributed by atoms with Crippen molar-refractivity contribution in [2.24, 2.45) is 0 Å². The maximum Gasteiger partial charge on any atom is 0.259 e. The number of hydrogen-bond acceptors (Lipinski definition) is 5. The lowest BCUT2D eigenvalue weighted by atomic mass is 10.1. The zero-order chi connectivity index (χ0) is 25.8. The quantitative estimate of drug-likeness (QED) is 0.416. The largest absolute Gasteiger partial charge is 0.379 e. The first-order valence-corrected chi connectivity index (χ1v) is 13.4. The van der Waals surface area contributed by atoms with Gasteiger partial charge in [0.2, 0.25) is 0 Å². The van der Waals surface area contributed by atoms with Crippen LogP contribution in [0.5, 0.6) is 0 Å². The Morgan fingerprint density at radius 3 is 2.68 bits per heavy atom. The molecule has 6 nitrogen and oxygen atoms in total. The summed E-state index contributed by atoms with van der Waals surface area (Å²) in [5, 5.41) is 3.23. The van der Waals surface area contributed by atoms with Crippen molar-refractivity contribution in [2.75, 3.05) is 44.3 Å². The van der Waals surface area contributed by atoms with Gasteiger partial charge in [-0.25, -0.2) is 4.39 Å². The van der Waals surface area contributed by atoms with E-state index in [2.05, 4.69) is 10.2 Å². The van der Waals surface area contributed by atoms with Gasteiger partial charge in [0, 0.05) is 45.6 Å². The fraction of sp³-hybridized carbons (Fsp3) is 0.286. The minimum Gasteiger partial charge on any atom is -0.379 e. The minimum atomic E-state index is -0.485. The van der Waals surface area contributed by atoms with Gasteiger partial charge in [0.15, 0.2) is 0 Å². The molecule has 2 heterocycles. The number of fused-ring (bicyclic) bond motifs is 2. The highest BCUT2D eigenvalue weighted by atomic mass is 35.5. The summed E-state index contributed by atoms with van der Waals surface area (Å²) in [5.74, 6) is -0.974. The lowest BCUT2D eigenvalue weighted by Gasteiger charge is -2.26. The van der Waals surface area contributed by atoms with Crippen molar-refractivity contribution in [3.8, 4) is 0 Å². The van der Waals surface area contributed by atoms with Gasteiger partial charge in [-0.2, -0.15) is 0 Å². The number of nitrogens with zero attached hydrogens (tertiary/aromatic N) is 2. The molecule has 3 aromatic carbocycles. The van der Waals surface area contributed by atoms with Gasteiger partial charge in [-0.15, -0.1) is 0 Å². The first kappa shape index (κ1) is 25.7. The Hall–Kier alpha value is -2.91. The van der Waals surface area contributed by atoms with Crippen LogP contribution in [0.2, 0.25) is 5.02 Å². The summed E-state index contributed by atoms with van der Waals surface area (Å²) in [6, 6.07) is 17.1. The number of carbonyl (C=O) groups is 2. The van der Waals surface area contributed by atoms with E-state index in [1.165, 1.54) is 28.8 Å². The Labute approximate surface area is 224 Å². The average molecular weight is 540 g/mol. The molecule has 3 aromatic rings. The van der Waals surface area contributed by atoms with E-state index in [9.17, 15) is 14.0 Å². The van der Waals surface area contributed by atoms with Gasteiger partial charge in [-0.3, -0.25) is 14.5 Å². The van der Waals surface area contributed by atoms with Crippen LogP contribution in [-0.4, -0.2) is 56.1 Å². The van der Waals surface area contributed by atoms with Crippen molar-refractivity contribution in [2.45, 2.75) is 22.8 Å². The first-order valence-electron chi connectivity index (χ1n) is 12.3. The Kier molecular flexibility index (Phi) is 8.10. The van der Waals surface area contributed by atoms with Gasteiger partial charge in [0.05, 0.1) is 31.0 Å². The molecule has 0 atom stereocenters. The van der Waals surface area contributed by atoms with Crippen LogP contribution in [-0.2, 0) is 11.3 Å². The number of morpholine rings is 1. The van der Waals surface area contributed by atoms with Crippen molar-refractivity contribution in [1.82, 2.24) is 10.2 Å². The van der Waals surface area contributed by atoms with E-state index < -0.39 is 5.82 Å². The molecule has 2 amide bonds. The summed E-state index contributed by atoms with van der Waals surface area (Å²) in [6.07, 6.45) is 0.832. The highest BCUT2D eigenvalue weighted by Crippen LogP contribution is 2.42. The van der Waals surface area contributed by atoms with Crippen molar-refractivity contribution in [3.05, 3.63) is 88.2 Å². The molecule has 0 radical (unpaired) electrons. The Morgan fingerprint density at radius 2 is 1.86 bits per heavy atom. The fourth-order valence-electron chi connectivity index (χ4n) is 4.49. The number of rotatable bonds is 7. The first-order chi connectivity index (χ1) is 18.0. The number of ether oxygens (including phenoxy) is 1. The van der Waals surface area contributed by atoms with Crippen molar-refractivity contribution in [3.63, 3.8) is 0 Å². The van der Waals surface area contributed by atoms with Crippen molar-refractivity contribution < 1.29 is 18.7 Å². The van der Waals surface area contributed by atoms with E-state index in [-0.39, 0.29) is 28.9 Å². The molecule has 0 saturated carbocycles. The minimum absolute atomic E-state index is 0.0587. The molecular formula is C28H27ClFN3O3S. The Bertz CT molecular complexity index is 1300. The molecule has 192 valence electrons. The second kappa shape index (κ2) is 11.6. The number of hydrogen-bond donors (Lipinski definition) is 1. The standard InChI is InChI=1S/C28H27ClFN3O3S/c29-22-6-3-7-23(30)21(22)18-33-24-17-19(27(34)31-11-4-12-32-13-15-36-16-14-32)9-10-26(24)37-25-8-2-1-5-20(25)28(33)35/h1-3,5-10,17H,4,11-16,18H2,(H,31,34). The highest BCUT2D eigenvalue weighted by molar-refractivity contribution is 7.99. The summed E-state index contributed by atoms with van der Waals surface area (Å²) >= 11 is 7.77. The average Bonchev–Trinajstić information content (AvgIpc) is 3.03. The smallest absolute Gasteiger partial charge is 0.259 e. The molecule has 9 heteroatoms. The Balaban J connectivity index is 1.39. The van der Waals surface area contributed by atoms with Crippen LogP contribution in [0.1, 0.15) is 32.7 Å². The second-order valence-electron chi connectivity index (χ2n) is 8.94. The second-order valence-corrected chi connectivity index (χ2v) is 10.4. The number of carbonyl (C=O) groups excluding carboxylic acids is 2. The molecule has 2 aliphatic rings. The van der Waals surface area contributed by atoms with Crippen molar-refractivity contribution >= 4 is 40.9 Å². The molecule has 0 unspecified atom stereocenters. The lowest BCUT2D eigenvalue weighted by Crippen LogP contribution is -2.38. The van der Waals surface area contributed by atoms with E-state index in [4.69, 9.17) is 16.3 Å². The fourth-order valence-corrected chi connectivity index (χ4v) is 5.77. The zero-order valence-electron chi connectivity index (χ0n) is 20.2. The summed E-state index contributed by atoms with van der Waals surface area (Å²) < 4.78 is 20.1. The van der Waals surface area contributed by atoms with E-state index in [1.807, 2.05) is 18.2 Å². The van der Waals surface area contributed by atoms with Crippen molar-refractivity contribution in [1.29, 1.82) is 0 Å². The van der Waals surface area contributed by atoms with Crippen LogP contribution in [0, 0.1) is 5.82 Å².